The van der Waals surface area contributed by atoms with Crippen LogP contribution in [-0.2, 0) is 9.53 Å². The lowest BCUT2D eigenvalue weighted by Crippen LogP contribution is -2.54. The highest BCUT2D eigenvalue weighted by Crippen LogP contribution is 2.35. The lowest BCUT2D eigenvalue weighted by Gasteiger charge is -2.40. The quantitative estimate of drug-likeness (QED) is 0.375. The van der Waals surface area contributed by atoms with Gasteiger partial charge >= 0.3 is 12.0 Å². The van der Waals surface area contributed by atoms with E-state index in [0.29, 0.717) is 65.9 Å². The molecule has 2 aliphatic heterocycles. The Balaban J connectivity index is 1.60. The third kappa shape index (κ3) is 6.26. The Morgan fingerprint density at radius 1 is 1.10 bits per heavy atom. The summed E-state index contributed by atoms with van der Waals surface area (Å²) in [6, 6.07) is 13.1. The predicted octanol–water partition coefficient (Wildman–Crippen LogP) is 3.88. The zero-order chi connectivity index (χ0) is 27.9. The Bertz CT molecular complexity index is 1250. The van der Waals surface area contributed by atoms with Crippen LogP contribution in [0.15, 0.2) is 72.5 Å². The molecule has 2 heterocycles. The Labute approximate surface area is 233 Å². The fourth-order valence-corrected chi connectivity index (χ4v) is 5.07. The van der Waals surface area contributed by atoms with Gasteiger partial charge in [-0.1, -0.05) is 35.9 Å². The third-order valence-corrected chi connectivity index (χ3v) is 7.18. The normalized spacial score (nSPS) is 18.0. The molecular weight excluding hydrogens is 520 g/mol. The topological polar surface area (TPSA) is 91.4 Å². The number of esters is 1. The lowest BCUT2D eigenvalue weighted by molar-refractivity contribution is -0.139. The predicted molar refractivity (Wildman–Crippen MR) is 149 cm³/mol. The number of urea groups is 1. The summed E-state index contributed by atoms with van der Waals surface area (Å²) in [5.41, 5.74) is 2.08. The highest BCUT2D eigenvalue weighted by atomic mass is 35.5. The average Bonchev–Trinajstić information content (AvgIpc) is 2.95. The molecule has 0 aliphatic carbocycles. The molecule has 39 heavy (non-hydrogen) atoms. The van der Waals surface area contributed by atoms with Crippen molar-refractivity contribution in [2.75, 3.05) is 53.0 Å². The van der Waals surface area contributed by atoms with Crippen molar-refractivity contribution in [2.45, 2.75) is 13.0 Å². The summed E-state index contributed by atoms with van der Waals surface area (Å²) in [7, 11) is 1.58. The molecule has 1 unspecified atom stereocenters. The number of amides is 3. The van der Waals surface area contributed by atoms with E-state index in [1.807, 2.05) is 6.07 Å². The molecule has 3 amide bonds. The van der Waals surface area contributed by atoms with Crippen molar-refractivity contribution in [3.63, 3.8) is 0 Å². The van der Waals surface area contributed by atoms with Gasteiger partial charge in [0.2, 0.25) is 0 Å². The van der Waals surface area contributed by atoms with E-state index in [1.54, 1.807) is 67.5 Å². The van der Waals surface area contributed by atoms with E-state index in [2.05, 4.69) is 16.8 Å². The number of benzene rings is 2. The summed E-state index contributed by atoms with van der Waals surface area (Å²) in [5, 5.41) is 3.37. The average molecular weight is 553 g/mol. The van der Waals surface area contributed by atoms with Gasteiger partial charge in [-0.3, -0.25) is 14.6 Å². The Hall–Kier alpha value is -3.82. The van der Waals surface area contributed by atoms with Gasteiger partial charge in [0.05, 0.1) is 25.3 Å². The summed E-state index contributed by atoms with van der Waals surface area (Å²) in [5.74, 6) is 0.130. The highest BCUT2D eigenvalue weighted by Gasteiger charge is 2.39. The lowest BCUT2D eigenvalue weighted by atomic mass is 9.94. The van der Waals surface area contributed by atoms with Crippen molar-refractivity contribution in [3.05, 3.63) is 88.6 Å². The van der Waals surface area contributed by atoms with E-state index < -0.39 is 12.0 Å². The number of hydrogen-bond donors (Lipinski definition) is 1. The van der Waals surface area contributed by atoms with Gasteiger partial charge in [-0.25, -0.2) is 9.59 Å². The standard InChI is InChI=1S/C29H33ClN4O5/c1-4-14-34-24(19-32-15-17-33(18-16-32)27(35)20-10-12-21(38-3)13-11-20)25(28(36)39-5-2)26(31-29(34)37)22-8-6-7-9-23(22)30/h4,6-13,26H,1,5,14-19H2,2-3H3,(H,31,37). The first-order valence-corrected chi connectivity index (χ1v) is 13.2. The maximum Gasteiger partial charge on any atom is 0.338 e. The van der Waals surface area contributed by atoms with Gasteiger partial charge < -0.3 is 19.7 Å². The number of nitrogens with zero attached hydrogens (tertiary/aromatic N) is 3. The Morgan fingerprint density at radius 2 is 1.79 bits per heavy atom. The first-order chi connectivity index (χ1) is 18.9. The van der Waals surface area contributed by atoms with E-state index in [1.165, 1.54) is 4.90 Å². The maximum atomic E-state index is 13.3. The van der Waals surface area contributed by atoms with Crippen molar-refractivity contribution in [1.82, 2.24) is 20.0 Å². The van der Waals surface area contributed by atoms with Crippen molar-refractivity contribution < 1.29 is 23.9 Å². The molecule has 0 radical (unpaired) electrons. The summed E-state index contributed by atoms with van der Waals surface area (Å²) in [6.45, 7) is 8.41. The van der Waals surface area contributed by atoms with Crippen molar-refractivity contribution >= 4 is 29.5 Å². The maximum absolute atomic E-state index is 13.3. The molecule has 1 atom stereocenters. The van der Waals surface area contributed by atoms with Crippen molar-refractivity contribution in [1.29, 1.82) is 0 Å². The molecule has 1 saturated heterocycles. The van der Waals surface area contributed by atoms with Crippen LogP contribution in [0.2, 0.25) is 5.02 Å². The van der Waals surface area contributed by atoms with Crippen LogP contribution in [-0.4, -0.2) is 85.6 Å². The zero-order valence-electron chi connectivity index (χ0n) is 22.2. The van der Waals surface area contributed by atoms with Crippen LogP contribution in [0.5, 0.6) is 5.75 Å². The largest absolute Gasteiger partial charge is 0.497 e. The SMILES string of the molecule is C=CCN1C(=O)NC(c2ccccc2Cl)C(C(=O)OCC)=C1CN1CCN(C(=O)c2ccc(OC)cc2)CC1. The van der Waals surface area contributed by atoms with E-state index in [9.17, 15) is 14.4 Å². The minimum atomic E-state index is -0.765. The smallest absolute Gasteiger partial charge is 0.338 e. The number of carbonyl (C=O) groups is 3. The van der Waals surface area contributed by atoms with Gasteiger partial charge in [0.1, 0.15) is 5.75 Å². The second-order valence-corrected chi connectivity index (χ2v) is 9.59. The zero-order valence-corrected chi connectivity index (χ0v) is 22.9. The van der Waals surface area contributed by atoms with E-state index >= 15 is 0 Å². The van der Waals surface area contributed by atoms with E-state index in [-0.39, 0.29) is 25.1 Å². The van der Waals surface area contributed by atoms with E-state index in [4.69, 9.17) is 21.1 Å². The molecule has 1 fully saturated rings. The number of nitrogens with one attached hydrogen (secondary N) is 1. The van der Waals surface area contributed by atoms with Crippen LogP contribution in [0.3, 0.4) is 0 Å². The first kappa shape index (κ1) is 28.2. The number of rotatable bonds is 9. The number of methoxy groups -OCH3 is 1. The van der Waals surface area contributed by atoms with E-state index in [0.717, 1.165) is 0 Å². The molecule has 0 bridgehead atoms. The summed E-state index contributed by atoms with van der Waals surface area (Å²) >= 11 is 6.49. The van der Waals surface area contributed by atoms with Gasteiger partial charge in [-0.2, -0.15) is 0 Å². The van der Waals surface area contributed by atoms with Gasteiger partial charge in [0.25, 0.3) is 5.91 Å². The van der Waals surface area contributed by atoms with Crippen molar-refractivity contribution in [2.24, 2.45) is 0 Å². The van der Waals surface area contributed by atoms with Crippen molar-refractivity contribution in [3.8, 4) is 5.75 Å². The number of halogens is 1. The molecule has 0 aromatic heterocycles. The second-order valence-electron chi connectivity index (χ2n) is 9.18. The van der Waals surface area contributed by atoms with Gasteiger partial charge in [-0.05, 0) is 42.8 Å². The Kier molecular flexibility index (Phi) is 9.27. The van der Waals surface area contributed by atoms with Crippen LogP contribution in [0.4, 0.5) is 4.79 Å². The van der Waals surface area contributed by atoms with Gasteiger partial charge in [0, 0.05) is 55.6 Å². The minimum Gasteiger partial charge on any atom is -0.497 e. The molecule has 1 N–H and O–H groups in total. The summed E-state index contributed by atoms with van der Waals surface area (Å²) in [6.07, 6.45) is 1.61. The molecule has 206 valence electrons. The molecule has 2 aromatic carbocycles. The number of carbonyl (C=O) groups excluding carboxylic acids is 3. The van der Waals surface area contributed by atoms with Gasteiger partial charge in [-0.15, -0.1) is 6.58 Å². The number of piperazine rings is 1. The van der Waals surface area contributed by atoms with Crippen LogP contribution in [0, 0.1) is 0 Å². The number of hydrogen-bond acceptors (Lipinski definition) is 6. The molecule has 0 spiro atoms. The van der Waals surface area contributed by atoms with Crippen LogP contribution < -0.4 is 10.1 Å². The summed E-state index contributed by atoms with van der Waals surface area (Å²) in [4.78, 5) is 45.1. The van der Waals surface area contributed by atoms with Gasteiger partial charge in [0.15, 0.2) is 0 Å². The molecule has 2 aliphatic rings. The fraction of sp³-hybridized carbons (Fsp3) is 0.345. The molecule has 4 rings (SSSR count). The first-order valence-electron chi connectivity index (χ1n) is 12.9. The monoisotopic (exact) mass is 552 g/mol. The second kappa shape index (κ2) is 12.8. The minimum absolute atomic E-state index is 0.0483. The molecular formula is C29H33ClN4O5. The molecule has 10 heteroatoms. The highest BCUT2D eigenvalue weighted by molar-refractivity contribution is 6.31. The molecule has 2 aromatic rings. The van der Waals surface area contributed by atoms with Crippen LogP contribution in [0.1, 0.15) is 28.9 Å². The molecule has 0 saturated carbocycles. The number of ether oxygens (including phenoxy) is 2. The molecule has 9 nitrogen and oxygen atoms in total. The third-order valence-electron chi connectivity index (χ3n) is 6.83. The Morgan fingerprint density at radius 3 is 2.41 bits per heavy atom. The van der Waals surface area contributed by atoms with Crippen LogP contribution in [0.25, 0.3) is 0 Å². The van der Waals surface area contributed by atoms with Crippen LogP contribution >= 0.6 is 11.6 Å². The summed E-state index contributed by atoms with van der Waals surface area (Å²) < 4.78 is 10.6. The fourth-order valence-electron chi connectivity index (χ4n) is 4.82.